The molecular formula is C37H34F7NO. The largest absolute Gasteiger partial charge is 0.429 e. The van der Waals surface area contributed by atoms with E-state index in [-0.39, 0.29) is 16.7 Å². The number of pyridine rings is 1. The first kappa shape index (κ1) is 33.2. The fourth-order valence-electron chi connectivity index (χ4n) is 5.99. The maximum atomic E-state index is 14.9. The maximum Gasteiger partial charge on any atom is 0.419 e. The van der Waals surface area contributed by atoms with Gasteiger partial charge in [-0.3, -0.25) is 4.98 Å². The molecule has 0 atom stereocenters. The summed E-state index contributed by atoms with van der Waals surface area (Å²) in [4.78, 5) is 4.54. The Morgan fingerprint density at radius 2 is 1.50 bits per heavy atom. The van der Waals surface area contributed by atoms with Crippen molar-refractivity contribution in [1.29, 1.82) is 0 Å². The average molecular weight is 642 g/mol. The summed E-state index contributed by atoms with van der Waals surface area (Å²) in [6.07, 6.45) is 8.93. The Balaban J connectivity index is 1.20. The van der Waals surface area contributed by atoms with E-state index in [2.05, 4.69) is 16.6 Å². The molecule has 242 valence electrons. The van der Waals surface area contributed by atoms with Gasteiger partial charge in [0.1, 0.15) is 17.4 Å². The zero-order chi connectivity index (χ0) is 32.8. The minimum Gasteiger partial charge on any atom is -0.429 e. The van der Waals surface area contributed by atoms with Gasteiger partial charge in [0.05, 0.1) is 5.69 Å². The van der Waals surface area contributed by atoms with Crippen LogP contribution in [0.5, 0.6) is 5.75 Å². The second-order valence-electron chi connectivity index (χ2n) is 11.8. The number of nitrogens with zero attached hydrogens (tertiary/aromatic N) is 1. The minimum atomic E-state index is -3.96. The molecule has 9 heteroatoms. The molecule has 1 fully saturated rings. The molecule has 1 aliphatic carbocycles. The second kappa shape index (κ2) is 14.5. The molecule has 2 nitrogen and oxygen atoms in total. The third kappa shape index (κ3) is 8.17. The molecule has 0 radical (unpaired) electrons. The van der Waals surface area contributed by atoms with Crippen LogP contribution in [-0.4, -0.2) is 11.1 Å². The van der Waals surface area contributed by atoms with Crippen molar-refractivity contribution in [3.8, 4) is 28.1 Å². The Morgan fingerprint density at radius 3 is 2.13 bits per heavy atom. The van der Waals surface area contributed by atoms with Gasteiger partial charge in [-0.2, -0.15) is 8.78 Å². The van der Waals surface area contributed by atoms with E-state index in [4.69, 9.17) is 0 Å². The standard InChI is InChI=1S/C37H34F7NO/c1-2-3-4-5-23-6-8-24(9-7-23)27-12-15-35(45-22-27)26-11-10-25(31(38)18-26)16-17-37(43,44)46-29-13-14-30(32(39)21-29)28-19-33(40)36(42)34(41)20-28/h10-24H,2-9H2,1H3/b17-16+. The number of halogens is 7. The predicted octanol–water partition coefficient (Wildman–Crippen LogP) is 11.7. The summed E-state index contributed by atoms with van der Waals surface area (Å²) < 4.78 is 104. The van der Waals surface area contributed by atoms with Gasteiger partial charge >= 0.3 is 6.11 Å². The van der Waals surface area contributed by atoms with E-state index >= 15 is 0 Å². The van der Waals surface area contributed by atoms with Gasteiger partial charge in [0.25, 0.3) is 0 Å². The lowest BCUT2D eigenvalue weighted by atomic mass is 9.77. The molecule has 1 heterocycles. The maximum absolute atomic E-state index is 14.9. The van der Waals surface area contributed by atoms with Crippen molar-refractivity contribution in [2.75, 3.05) is 0 Å². The number of benzene rings is 3. The molecule has 0 amide bonds. The van der Waals surface area contributed by atoms with Gasteiger partial charge in [0, 0.05) is 35.0 Å². The van der Waals surface area contributed by atoms with Crippen LogP contribution in [0.4, 0.5) is 30.7 Å². The summed E-state index contributed by atoms with van der Waals surface area (Å²) in [5, 5.41) is 0. The predicted molar refractivity (Wildman–Crippen MR) is 165 cm³/mol. The first-order chi connectivity index (χ1) is 22.0. The third-order valence-electron chi connectivity index (χ3n) is 8.56. The monoisotopic (exact) mass is 641 g/mol. The molecule has 0 saturated heterocycles. The lowest BCUT2D eigenvalue weighted by Gasteiger charge is -2.28. The molecule has 4 aromatic rings. The van der Waals surface area contributed by atoms with Gasteiger partial charge in [-0.05, 0) is 91.1 Å². The number of ether oxygens (including phenoxy) is 1. The third-order valence-corrected chi connectivity index (χ3v) is 8.56. The van der Waals surface area contributed by atoms with E-state index < -0.39 is 40.9 Å². The Labute approximate surface area is 264 Å². The van der Waals surface area contributed by atoms with Crippen molar-refractivity contribution in [3.05, 3.63) is 113 Å². The number of alkyl halides is 2. The molecular weight excluding hydrogens is 607 g/mol. The average Bonchev–Trinajstić information content (AvgIpc) is 3.03. The molecule has 46 heavy (non-hydrogen) atoms. The fraction of sp³-hybridized carbons (Fsp3) is 0.324. The van der Waals surface area contributed by atoms with E-state index in [0.29, 0.717) is 41.5 Å². The highest BCUT2D eigenvalue weighted by Gasteiger charge is 2.28. The minimum absolute atomic E-state index is 0.124. The summed E-state index contributed by atoms with van der Waals surface area (Å²) in [7, 11) is 0. The highest BCUT2D eigenvalue weighted by molar-refractivity contribution is 5.66. The van der Waals surface area contributed by atoms with Gasteiger partial charge < -0.3 is 4.74 Å². The van der Waals surface area contributed by atoms with Gasteiger partial charge in [-0.1, -0.05) is 50.8 Å². The summed E-state index contributed by atoms with van der Waals surface area (Å²) in [5.74, 6) is -5.96. The zero-order valence-corrected chi connectivity index (χ0v) is 25.3. The van der Waals surface area contributed by atoms with E-state index in [9.17, 15) is 30.7 Å². The summed E-state index contributed by atoms with van der Waals surface area (Å²) >= 11 is 0. The molecule has 0 unspecified atom stereocenters. The fourth-order valence-corrected chi connectivity index (χ4v) is 5.99. The van der Waals surface area contributed by atoms with Crippen LogP contribution >= 0.6 is 0 Å². The van der Waals surface area contributed by atoms with Crippen LogP contribution in [0.3, 0.4) is 0 Å². The van der Waals surface area contributed by atoms with Crippen LogP contribution in [0.15, 0.2) is 72.9 Å². The summed E-state index contributed by atoms with van der Waals surface area (Å²) in [6, 6.07) is 11.7. The lowest BCUT2D eigenvalue weighted by Crippen LogP contribution is -2.21. The quantitative estimate of drug-likeness (QED) is 0.0924. The Bertz CT molecular complexity index is 1660. The van der Waals surface area contributed by atoms with Crippen LogP contribution in [0, 0.1) is 35.0 Å². The number of hydrogen-bond acceptors (Lipinski definition) is 2. The van der Waals surface area contributed by atoms with E-state index in [1.807, 2.05) is 18.3 Å². The van der Waals surface area contributed by atoms with Gasteiger partial charge in [0.15, 0.2) is 17.5 Å². The molecule has 0 aliphatic heterocycles. The summed E-state index contributed by atoms with van der Waals surface area (Å²) in [5.41, 5.74) is 1.44. The van der Waals surface area contributed by atoms with Crippen LogP contribution in [-0.2, 0) is 0 Å². The van der Waals surface area contributed by atoms with Crippen molar-refractivity contribution < 1.29 is 35.5 Å². The topological polar surface area (TPSA) is 22.1 Å². The van der Waals surface area contributed by atoms with Crippen molar-refractivity contribution in [3.63, 3.8) is 0 Å². The highest BCUT2D eigenvalue weighted by Crippen LogP contribution is 2.38. The van der Waals surface area contributed by atoms with Crippen LogP contribution < -0.4 is 4.74 Å². The molecule has 1 aromatic heterocycles. The van der Waals surface area contributed by atoms with Gasteiger partial charge in [-0.15, -0.1) is 0 Å². The van der Waals surface area contributed by atoms with Crippen LogP contribution in [0.25, 0.3) is 28.5 Å². The Hall–Kier alpha value is -4.14. The second-order valence-corrected chi connectivity index (χ2v) is 11.8. The van der Waals surface area contributed by atoms with Crippen molar-refractivity contribution in [1.82, 2.24) is 4.98 Å². The lowest BCUT2D eigenvalue weighted by molar-refractivity contribution is -0.131. The molecule has 1 aliphatic rings. The van der Waals surface area contributed by atoms with Gasteiger partial charge in [-0.25, -0.2) is 22.0 Å². The molecule has 1 saturated carbocycles. The van der Waals surface area contributed by atoms with Crippen molar-refractivity contribution in [2.45, 2.75) is 70.3 Å². The van der Waals surface area contributed by atoms with Crippen LogP contribution in [0.1, 0.15) is 75.3 Å². The summed E-state index contributed by atoms with van der Waals surface area (Å²) in [6.45, 7) is 2.22. The zero-order valence-electron chi connectivity index (χ0n) is 25.3. The SMILES string of the molecule is CCCCCC1CCC(c2ccc(-c3ccc(/C=C/C(F)(F)Oc4ccc(-c5cc(F)c(F)c(F)c5)c(F)c4)c(F)c3)nc2)CC1. The Morgan fingerprint density at radius 1 is 0.783 bits per heavy atom. The molecule has 0 bridgehead atoms. The smallest absolute Gasteiger partial charge is 0.419 e. The first-order valence-corrected chi connectivity index (χ1v) is 15.5. The Kier molecular flexibility index (Phi) is 10.5. The molecule has 0 spiro atoms. The molecule has 3 aromatic carbocycles. The van der Waals surface area contributed by atoms with E-state index in [1.165, 1.54) is 56.2 Å². The van der Waals surface area contributed by atoms with Crippen molar-refractivity contribution >= 4 is 6.08 Å². The normalized spacial score (nSPS) is 17.0. The number of rotatable bonds is 11. The number of aromatic nitrogens is 1. The van der Waals surface area contributed by atoms with E-state index in [1.54, 1.807) is 6.07 Å². The molecule has 0 N–H and O–H groups in total. The number of hydrogen-bond donors (Lipinski definition) is 0. The van der Waals surface area contributed by atoms with E-state index in [0.717, 1.165) is 37.0 Å². The van der Waals surface area contributed by atoms with Gasteiger partial charge in [0.2, 0.25) is 0 Å². The van der Waals surface area contributed by atoms with Crippen molar-refractivity contribution in [2.24, 2.45) is 5.92 Å². The first-order valence-electron chi connectivity index (χ1n) is 15.5. The molecule has 5 rings (SSSR count). The highest BCUT2D eigenvalue weighted by atomic mass is 19.3. The van der Waals surface area contributed by atoms with Crippen LogP contribution in [0.2, 0.25) is 0 Å². The number of unbranched alkanes of at least 4 members (excludes halogenated alkanes) is 2.